The first kappa shape index (κ1) is 8.82. The quantitative estimate of drug-likeness (QED) is 0.432. The third-order valence-electron chi connectivity index (χ3n) is 2.76. The molecule has 70 valence electrons. The van der Waals surface area contributed by atoms with Crippen LogP contribution < -0.4 is 0 Å². The molecule has 0 aromatic rings. The minimum atomic E-state index is -0.325. The van der Waals surface area contributed by atoms with Gasteiger partial charge in [0.2, 0.25) is 0 Å². The third-order valence-corrected chi connectivity index (χ3v) is 3.00. The molecular weight excluding hydrogens is 186 g/mol. The van der Waals surface area contributed by atoms with Crippen molar-refractivity contribution in [3.63, 3.8) is 0 Å². The highest BCUT2D eigenvalue weighted by Gasteiger charge is 2.25. The van der Waals surface area contributed by atoms with Crippen molar-refractivity contribution in [1.29, 1.82) is 0 Å². The lowest BCUT2D eigenvalue weighted by Crippen LogP contribution is -2.37. The number of nitrogens with zero attached hydrogens (tertiary/aromatic N) is 1. The Morgan fingerprint density at radius 2 is 2.46 bits per heavy atom. The van der Waals surface area contributed by atoms with Gasteiger partial charge in [-0.1, -0.05) is 18.2 Å². The molecule has 0 saturated carbocycles. The molecule has 3 heteroatoms. The number of piperidine rings is 1. The largest absolute Gasteiger partial charge is 0.325 e. The first-order chi connectivity index (χ1) is 6.27. The summed E-state index contributed by atoms with van der Waals surface area (Å²) >= 11 is 5.43. The summed E-state index contributed by atoms with van der Waals surface area (Å²) in [4.78, 5) is 12.6. The van der Waals surface area contributed by atoms with Gasteiger partial charge in [0.1, 0.15) is 0 Å². The van der Waals surface area contributed by atoms with Crippen LogP contribution in [-0.4, -0.2) is 23.4 Å². The van der Waals surface area contributed by atoms with Gasteiger partial charge in [0, 0.05) is 13.1 Å². The summed E-state index contributed by atoms with van der Waals surface area (Å²) < 4.78 is 0. The van der Waals surface area contributed by atoms with Gasteiger partial charge in [0.15, 0.2) is 0 Å². The second kappa shape index (κ2) is 3.54. The predicted octanol–water partition coefficient (Wildman–Crippen LogP) is 2.55. The maximum absolute atomic E-state index is 10.9. The molecular formula is C10H12ClNO. The van der Waals surface area contributed by atoms with E-state index in [1.165, 1.54) is 5.57 Å². The minimum absolute atomic E-state index is 0.325. The summed E-state index contributed by atoms with van der Waals surface area (Å²) in [6.45, 7) is 1.52. The zero-order valence-electron chi connectivity index (χ0n) is 7.37. The van der Waals surface area contributed by atoms with Crippen LogP contribution in [-0.2, 0) is 0 Å². The van der Waals surface area contributed by atoms with Gasteiger partial charge in [-0.25, -0.2) is 0 Å². The Morgan fingerprint density at radius 1 is 1.62 bits per heavy atom. The van der Waals surface area contributed by atoms with Crippen LogP contribution >= 0.6 is 11.6 Å². The number of likely N-dealkylation sites (tertiary alicyclic amines) is 1. The van der Waals surface area contributed by atoms with Crippen LogP contribution in [0.5, 0.6) is 0 Å². The molecule has 13 heavy (non-hydrogen) atoms. The molecule has 0 bridgehead atoms. The number of halogens is 1. The maximum atomic E-state index is 10.9. The average Bonchev–Trinajstić information content (AvgIpc) is 2.17. The molecule has 1 amide bonds. The number of allylic oxidation sites excluding steroid dienone is 3. The van der Waals surface area contributed by atoms with E-state index in [4.69, 9.17) is 11.6 Å². The SMILES string of the molecule is O=C(Cl)N1CCC2CC=CC=C2C1. The molecule has 0 spiro atoms. The van der Waals surface area contributed by atoms with Crippen molar-refractivity contribution in [3.8, 4) is 0 Å². The van der Waals surface area contributed by atoms with Gasteiger partial charge in [-0.3, -0.25) is 4.79 Å². The first-order valence-corrected chi connectivity index (χ1v) is 4.95. The highest BCUT2D eigenvalue weighted by Crippen LogP contribution is 2.29. The Morgan fingerprint density at radius 3 is 3.23 bits per heavy atom. The number of hydrogen-bond acceptors (Lipinski definition) is 1. The normalized spacial score (nSPS) is 26.7. The zero-order valence-corrected chi connectivity index (χ0v) is 8.13. The lowest BCUT2D eigenvalue weighted by Gasteiger charge is -2.33. The van der Waals surface area contributed by atoms with Crippen LogP contribution in [0.2, 0.25) is 0 Å². The topological polar surface area (TPSA) is 20.3 Å². The van der Waals surface area contributed by atoms with Crippen molar-refractivity contribution in [2.45, 2.75) is 12.8 Å². The van der Waals surface area contributed by atoms with Gasteiger partial charge >= 0.3 is 5.37 Å². The molecule has 2 nitrogen and oxygen atoms in total. The molecule has 1 atom stereocenters. The van der Waals surface area contributed by atoms with E-state index in [0.29, 0.717) is 5.92 Å². The molecule has 2 aliphatic rings. The summed E-state index contributed by atoms with van der Waals surface area (Å²) in [7, 11) is 0. The Kier molecular flexibility index (Phi) is 2.40. The Labute approximate surface area is 82.9 Å². The fourth-order valence-electron chi connectivity index (χ4n) is 1.97. The van der Waals surface area contributed by atoms with E-state index in [1.807, 2.05) is 0 Å². The van der Waals surface area contributed by atoms with Crippen molar-refractivity contribution in [2.24, 2.45) is 5.92 Å². The number of rotatable bonds is 0. The van der Waals surface area contributed by atoms with E-state index < -0.39 is 0 Å². The van der Waals surface area contributed by atoms with Crippen LogP contribution in [0, 0.1) is 5.92 Å². The van der Waals surface area contributed by atoms with E-state index in [2.05, 4.69) is 18.2 Å². The summed E-state index contributed by atoms with van der Waals surface area (Å²) in [5.41, 5.74) is 1.35. The molecule has 0 radical (unpaired) electrons. The number of fused-ring (bicyclic) bond motifs is 1. The first-order valence-electron chi connectivity index (χ1n) is 4.57. The maximum Gasteiger partial charge on any atom is 0.316 e. The molecule has 0 aromatic carbocycles. The summed E-state index contributed by atoms with van der Waals surface area (Å²) in [6.07, 6.45) is 8.53. The van der Waals surface area contributed by atoms with E-state index in [9.17, 15) is 4.79 Å². The smallest absolute Gasteiger partial charge is 0.316 e. The number of hydrogen-bond donors (Lipinski definition) is 0. The van der Waals surface area contributed by atoms with Crippen molar-refractivity contribution in [2.75, 3.05) is 13.1 Å². The Hall–Kier alpha value is -0.760. The van der Waals surface area contributed by atoms with Gasteiger partial charge in [-0.15, -0.1) is 0 Å². The summed E-state index contributed by atoms with van der Waals surface area (Å²) in [5, 5.41) is -0.325. The van der Waals surface area contributed by atoms with Gasteiger partial charge < -0.3 is 4.90 Å². The van der Waals surface area contributed by atoms with Crippen molar-refractivity contribution >= 4 is 17.0 Å². The average molecular weight is 198 g/mol. The lowest BCUT2D eigenvalue weighted by molar-refractivity contribution is 0.212. The molecule has 2 rings (SSSR count). The Balaban J connectivity index is 2.09. The highest BCUT2D eigenvalue weighted by atomic mass is 35.5. The van der Waals surface area contributed by atoms with Crippen LogP contribution in [0.4, 0.5) is 4.79 Å². The van der Waals surface area contributed by atoms with Gasteiger partial charge in [-0.05, 0) is 35.9 Å². The standard InChI is InChI=1S/C10H12ClNO/c11-10(13)12-6-5-8-3-1-2-4-9(8)7-12/h1-2,4,8H,3,5-7H2. The molecule has 1 aliphatic carbocycles. The van der Waals surface area contributed by atoms with Crippen LogP contribution in [0.25, 0.3) is 0 Å². The summed E-state index contributed by atoms with van der Waals surface area (Å²) in [6, 6.07) is 0. The third kappa shape index (κ3) is 1.78. The van der Waals surface area contributed by atoms with Crippen molar-refractivity contribution in [1.82, 2.24) is 4.90 Å². The number of carbonyl (C=O) groups excluding carboxylic acids is 1. The van der Waals surface area contributed by atoms with Crippen molar-refractivity contribution < 1.29 is 4.79 Å². The fourth-order valence-corrected chi connectivity index (χ4v) is 2.11. The van der Waals surface area contributed by atoms with Crippen LogP contribution in [0.15, 0.2) is 23.8 Å². The second-order valence-electron chi connectivity index (χ2n) is 3.57. The number of carbonyl (C=O) groups is 1. The van der Waals surface area contributed by atoms with Crippen LogP contribution in [0.3, 0.4) is 0 Å². The van der Waals surface area contributed by atoms with E-state index in [-0.39, 0.29) is 5.37 Å². The fraction of sp³-hybridized carbons (Fsp3) is 0.500. The zero-order chi connectivity index (χ0) is 9.26. The van der Waals surface area contributed by atoms with Crippen molar-refractivity contribution in [3.05, 3.63) is 23.8 Å². The molecule has 1 fully saturated rings. The van der Waals surface area contributed by atoms with Gasteiger partial charge in [0.05, 0.1) is 0 Å². The monoisotopic (exact) mass is 197 g/mol. The van der Waals surface area contributed by atoms with Gasteiger partial charge in [-0.2, -0.15) is 0 Å². The lowest BCUT2D eigenvalue weighted by atomic mass is 9.86. The van der Waals surface area contributed by atoms with Gasteiger partial charge in [0.25, 0.3) is 0 Å². The molecule has 1 unspecified atom stereocenters. The van der Waals surface area contributed by atoms with E-state index >= 15 is 0 Å². The highest BCUT2D eigenvalue weighted by molar-refractivity contribution is 6.62. The molecule has 1 aliphatic heterocycles. The minimum Gasteiger partial charge on any atom is -0.325 e. The summed E-state index contributed by atoms with van der Waals surface area (Å²) in [5.74, 6) is 0.650. The van der Waals surface area contributed by atoms with E-state index in [1.54, 1.807) is 4.90 Å². The molecule has 1 saturated heterocycles. The predicted molar refractivity (Wildman–Crippen MR) is 52.8 cm³/mol. The molecule has 0 N–H and O–H groups in total. The Bertz CT molecular complexity index is 283. The molecule has 0 aromatic heterocycles. The molecule has 1 heterocycles. The second-order valence-corrected chi connectivity index (χ2v) is 3.89. The van der Waals surface area contributed by atoms with Crippen LogP contribution in [0.1, 0.15) is 12.8 Å². The number of amides is 1. The van der Waals surface area contributed by atoms with E-state index in [0.717, 1.165) is 25.9 Å².